The number of hydrazone groups is 1. The van der Waals surface area contributed by atoms with Gasteiger partial charge in [-0.2, -0.15) is 5.10 Å². The van der Waals surface area contributed by atoms with Gasteiger partial charge in [0.2, 0.25) is 0 Å². The van der Waals surface area contributed by atoms with Gasteiger partial charge < -0.3 is 24.8 Å². The molecular formula is C30H26BrCl3N4O5S. The highest BCUT2D eigenvalue weighted by atomic mass is 79.9. The number of hydrogen-bond donors (Lipinski definition) is 3. The normalized spacial score (nSPS) is 14.6. The molecule has 0 saturated heterocycles. The number of benzene rings is 3. The molecule has 14 heteroatoms. The zero-order valence-corrected chi connectivity index (χ0v) is 28.1. The molecule has 230 valence electrons. The van der Waals surface area contributed by atoms with Gasteiger partial charge in [0.1, 0.15) is 18.1 Å². The molecule has 1 heterocycles. The van der Waals surface area contributed by atoms with Gasteiger partial charge in [0, 0.05) is 21.8 Å². The van der Waals surface area contributed by atoms with Crippen molar-refractivity contribution in [2.24, 2.45) is 5.10 Å². The van der Waals surface area contributed by atoms with Crippen LogP contribution in [0.5, 0.6) is 11.5 Å². The number of rotatable bonds is 11. The molecule has 0 aliphatic carbocycles. The largest absolute Gasteiger partial charge is 0.487 e. The van der Waals surface area contributed by atoms with Crippen LogP contribution < -0.4 is 25.5 Å². The molecule has 1 atom stereocenters. The predicted octanol–water partition coefficient (Wildman–Crippen LogP) is 6.87. The monoisotopic (exact) mass is 738 g/mol. The maximum Gasteiger partial charge on any atom is 0.338 e. The van der Waals surface area contributed by atoms with Gasteiger partial charge in [-0.25, -0.2) is 10.2 Å². The summed E-state index contributed by atoms with van der Waals surface area (Å²) in [7, 11) is 0. The first kappa shape index (κ1) is 33.5. The van der Waals surface area contributed by atoms with E-state index in [9.17, 15) is 9.59 Å². The zero-order chi connectivity index (χ0) is 31.8. The summed E-state index contributed by atoms with van der Waals surface area (Å²) in [5, 5.41) is 11.7. The summed E-state index contributed by atoms with van der Waals surface area (Å²) >= 11 is 27.1. The molecular weight excluding hydrogens is 715 g/mol. The van der Waals surface area contributed by atoms with Crippen LogP contribution >= 0.6 is 63.0 Å². The summed E-state index contributed by atoms with van der Waals surface area (Å²) in [4.78, 5) is 25.4. The average molecular weight is 741 g/mol. The first-order valence-corrected chi connectivity index (χ1v) is 15.5. The van der Waals surface area contributed by atoms with E-state index < -0.39 is 17.9 Å². The van der Waals surface area contributed by atoms with Crippen LogP contribution in [0.1, 0.15) is 36.6 Å². The van der Waals surface area contributed by atoms with Crippen molar-refractivity contribution >= 4 is 86.2 Å². The van der Waals surface area contributed by atoms with Crippen molar-refractivity contribution in [3.05, 3.63) is 102 Å². The molecule has 0 radical (unpaired) electrons. The highest BCUT2D eigenvalue weighted by Gasteiger charge is 2.32. The third-order valence-corrected chi connectivity index (χ3v) is 7.92. The first-order valence-electron chi connectivity index (χ1n) is 13.1. The second kappa shape index (κ2) is 15.6. The molecule has 9 nitrogen and oxygen atoms in total. The van der Waals surface area contributed by atoms with Crippen molar-refractivity contribution in [1.29, 1.82) is 0 Å². The molecule has 0 spiro atoms. The SMILES string of the molecule is CCOC(=O)C1=C(C)NC(=S)N[C@@H]1c1ccccc1OCC(=O)NN=Cc1cc(Cl)cc(Br)c1OCc1ccc(Cl)c(Cl)c1. The zero-order valence-electron chi connectivity index (χ0n) is 23.4. The molecule has 1 amide bonds. The average Bonchev–Trinajstić information content (AvgIpc) is 2.97. The number of nitrogens with zero attached hydrogens (tertiary/aromatic N) is 1. The molecule has 44 heavy (non-hydrogen) atoms. The number of ether oxygens (including phenoxy) is 3. The van der Waals surface area contributed by atoms with E-state index in [4.69, 9.17) is 61.2 Å². The van der Waals surface area contributed by atoms with Crippen molar-refractivity contribution in [3.63, 3.8) is 0 Å². The number of nitrogens with one attached hydrogen (secondary N) is 3. The second-order valence-electron chi connectivity index (χ2n) is 9.25. The molecule has 0 bridgehead atoms. The summed E-state index contributed by atoms with van der Waals surface area (Å²) in [6, 6.07) is 14.9. The van der Waals surface area contributed by atoms with Crippen molar-refractivity contribution in [1.82, 2.24) is 16.1 Å². The lowest BCUT2D eigenvalue weighted by Crippen LogP contribution is -2.45. The van der Waals surface area contributed by atoms with Crippen LogP contribution in [-0.2, 0) is 20.9 Å². The Hall–Kier alpha value is -3.35. The van der Waals surface area contributed by atoms with Crippen molar-refractivity contribution in [2.45, 2.75) is 26.5 Å². The van der Waals surface area contributed by atoms with Crippen LogP contribution in [0.2, 0.25) is 15.1 Å². The summed E-state index contributed by atoms with van der Waals surface area (Å²) < 4.78 is 17.7. The smallest absolute Gasteiger partial charge is 0.338 e. The van der Waals surface area contributed by atoms with E-state index in [-0.39, 0.29) is 19.8 Å². The Labute approximate surface area is 283 Å². The van der Waals surface area contributed by atoms with Gasteiger partial charge in [-0.15, -0.1) is 0 Å². The van der Waals surface area contributed by atoms with E-state index in [1.165, 1.54) is 6.21 Å². The van der Waals surface area contributed by atoms with Gasteiger partial charge >= 0.3 is 5.97 Å². The van der Waals surface area contributed by atoms with E-state index in [0.717, 1.165) is 5.56 Å². The van der Waals surface area contributed by atoms with Gasteiger partial charge in [-0.3, -0.25) is 4.79 Å². The number of esters is 1. The number of carbonyl (C=O) groups is 2. The van der Waals surface area contributed by atoms with Crippen LogP contribution in [0.4, 0.5) is 0 Å². The number of hydrogen-bond acceptors (Lipinski definition) is 7. The topological polar surface area (TPSA) is 110 Å². The minimum Gasteiger partial charge on any atom is -0.487 e. The Morgan fingerprint density at radius 1 is 1.09 bits per heavy atom. The quantitative estimate of drug-likeness (QED) is 0.0846. The molecule has 3 aromatic rings. The van der Waals surface area contributed by atoms with Gasteiger partial charge in [0.15, 0.2) is 11.7 Å². The Morgan fingerprint density at radius 3 is 2.61 bits per heavy atom. The molecule has 0 saturated carbocycles. The fraction of sp³-hybridized carbons (Fsp3) is 0.200. The second-order valence-corrected chi connectivity index (χ2v) is 11.8. The van der Waals surface area contributed by atoms with E-state index in [1.807, 2.05) is 0 Å². The number of thiocarbonyl (C=S) groups is 1. The molecule has 0 fully saturated rings. The van der Waals surface area contributed by atoms with Crippen LogP contribution in [0.15, 0.2) is 75.4 Å². The van der Waals surface area contributed by atoms with Crippen LogP contribution in [0.25, 0.3) is 0 Å². The maximum atomic E-state index is 12.8. The molecule has 1 aliphatic heterocycles. The number of carbonyl (C=O) groups excluding carboxylic acids is 2. The van der Waals surface area contributed by atoms with E-state index in [0.29, 0.717) is 58.5 Å². The first-order chi connectivity index (χ1) is 21.1. The minimum atomic E-state index is -0.649. The van der Waals surface area contributed by atoms with Gasteiger partial charge in [0.05, 0.1) is 39.0 Å². The Bertz CT molecular complexity index is 1650. The Balaban J connectivity index is 1.44. The number of allylic oxidation sites excluding steroid dienone is 1. The van der Waals surface area contributed by atoms with Crippen molar-refractivity contribution < 1.29 is 23.8 Å². The summed E-state index contributed by atoms with van der Waals surface area (Å²) in [6.07, 6.45) is 1.41. The number of amides is 1. The van der Waals surface area contributed by atoms with Gasteiger partial charge in [-0.1, -0.05) is 59.1 Å². The Morgan fingerprint density at radius 2 is 1.86 bits per heavy atom. The third kappa shape index (κ3) is 8.64. The molecule has 0 unspecified atom stereocenters. The van der Waals surface area contributed by atoms with Gasteiger partial charge in [0.25, 0.3) is 5.91 Å². The van der Waals surface area contributed by atoms with E-state index >= 15 is 0 Å². The highest BCUT2D eigenvalue weighted by molar-refractivity contribution is 9.10. The molecule has 3 aromatic carbocycles. The van der Waals surface area contributed by atoms with E-state index in [2.05, 4.69) is 37.1 Å². The maximum absolute atomic E-state index is 12.8. The molecule has 3 N–H and O–H groups in total. The van der Waals surface area contributed by atoms with Gasteiger partial charge in [-0.05, 0) is 77.9 Å². The lowest BCUT2D eigenvalue weighted by Gasteiger charge is -2.30. The molecule has 0 aromatic heterocycles. The standard InChI is InChI=1S/C30H26BrCl3N4O5S/c1-3-41-29(40)26-16(2)36-30(44)37-27(26)20-6-4-5-7-24(20)42-15-25(39)38-35-13-18-11-19(32)12-21(31)28(18)43-14-17-8-9-22(33)23(34)10-17/h4-13,27H,3,14-15H2,1-2H3,(H,38,39)(H2,36,37,44)/t27-/m1/s1. The van der Waals surface area contributed by atoms with Crippen molar-refractivity contribution in [3.8, 4) is 11.5 Å². The third-order valence-electron chi connectivity index (χ3n) is 6.15. The Kier molecular flexibility index (Phi) is 11.9. The molecule has 1 aliphatic rings. The lowest BCUT2D eigenvalue weighted by molar-refractivity contribution is -0.139. The van der Waals surface area contributed by atoms with Crippen molar-refractivity contribution in [2.75, 3.05) is 13.2 Å². The number of para-hydroxylation sites is 1. The fourth-order valence-electron chi connectivity index (χ4n) is 4.22. The van der Waals surface area contributed by atoms with Crippen LogP contribution in [0.3, 0.4) is 0 Å². The summed E-state index contributed by atoms with van der Waals surface area (Å²) in [5.41, 5.74) is 5.27. The summed E-state index contributed by atoms with van der Waals surface area (Å²) in [6.45, 7) is 3.51. The van der Waals surface area contributed by atoms with Crippen LogP contribution in [0, 0.1) is 0 Å². The predicted molar refractivity (Wildman–Crippen MR) is 179 cm³/mol. The summed E-state index contributed by atoms with van der Waals surface area (Å²) in [5.74, 6) is -0.189. The van der Waals surface area contributed by atoms with E-state index in [1.54, 1.807) is 68.4 Å². The number of halogens is 4. The van der Waals surface area contributed by atoms with Crippen LogP contribution in [-0.4, -0.2) is 36.4 Å². The highest BCUT2D eigenvalue weighted by Crippen LogP contribution is 2.34. The minimum absolute atomic E-state index is 0.195. The fourth-order valence-corrected chi connectivity index (χ4v) is 5.76. The molecule has 4 rings (SSSR count). The lowest BCUT2D eigenvalue weighted by atomic mass is 9.95.